The maximum Gasteiger partial charge on any atom is 0.335 e. The summed E-state index contributed by atoms with van der Waals surface area (Å²) < 4.78 is 35.4. The molecule has 18 heteroatoms. The van der Waals surface area contributed by atoms with Crippen LogP contribution in [-0.2, 0) is 33.2 Å². The summed E-state index contributed by atoms with van der Waals surface area (Å²) in [5, 5.41) is 120. The first kappa shape index (κ1) is 50.9. The molecule has 8 rings (SSSR count). The highest BCUT2D eigenvalue weighted by molar-refractivity contribution is 5.73. The number of carbonyl (C=O) groups is 1. The molecule has 7 fully saturated rings. The van der Waals surface area contributed by atoms with Gasteiger partial charge in [0.2, 0.25) is 0 Å². The molecule has 3 saturated heterocycles. The van der Waals surface area contributed by atoms with E-state index in [4.69, 9.17) is 28.4 Å². The quantitative estimate of drug-likeness (QED) is 0.112. The Labute approximate surface area is 387 Å². The first-order chi connectivity index (χ1) is 30.7. The van der Waals surface area contributed by atoms with Gasteiger partial charge < -0.3 is 84.6 Å². The molecule has 0 radical (unpaired) electrons. The molecule has 11 N–H and O–H groups in total. The lowest BCUT2D eigenvalue weighted by Crippen LogP contribution is -2.68. The van der Waals surface area contributed by atoms with E-state index in [1.165, 1.54) is 12.5 Å². The van der Waals surface area contributed by atoms with Crippen LogP contribution in [-0.4, -0.2) is 180 Å². The minimum Gasteiger partial charge on any atom is -0.479 e. The highest BCUT2D eigenvalue weighted by atomic mass is 16.8. The van der Waals surface area contributed by atoms with Gasteiger partial charge in [0.25, 0.3) is 0 Å². The Bertz CT molecular complexity index is 1820. The molecule has 0 amide bonds. The molecule has 25 unspecified atom stereocenters. The summed E-state index contributed by atoms with van der Waals surface area (Å²) in [6, 6.07) is 0. The van der Waals surface area contributed by atoms with E-state index in [1.807, 2.05) is 6.92 Å². The summed E-state index contributed by atoms with van der Waals surface area (Å²) in [4.78, 5) is 12.9. The molecule has 0 bridgehead atoms. The summed E-state index contributed by atoms with van der Waals surface area (Å²) in [6.45, 7) is 16.4. The summed E-state index contributed by atoms with van der Waals surface area (Å²) in [6.07, 6.45) is -17.5. The van der Waals surface area contributed by atoms with Crippen molar-refractivity contribution < 1.29 is 89.4 Å². The van der Waals surface area contributed by atoms with Crippen LogP contribution in [0.25, 0.3) is 0 Å². The van der Waals surface area contributed by atoms with Crippen LogP contribution in [0.2, 0.25) is 0 Å². The number of carboxylic acids is 1. The second-order valence-electron chi connectivity index (χ2n) is 23.6. The van der Waals surface area contributed by atoms with E-state index in [0.29, 0.717) is 12.3 Å². The summed E-state index contributed by atoms with van der Waals surface area (Å²) in [5.41, 5.74) is 0.143. The van der Waals surface area contributed by atoms with E-state index < -0.39 is 116 Å². The third-order valence-corrected chi connectivity index (χ3v) is 19.5. The maximum atomic E-state index is 12.9. The van der Waals surface area contributed by atoms with Crippen LogP contribution in [0.5, 0.6) is 0 Å². The van der Waals surface area contributed by atoms with Gasteiger partial charge in [0.1, 0.15) is 61.0 Å². The van der Waals surface area contributed by atoms with Crippen molar-refractivity contribution in [2.24, 2.45) is 50.2 Å². The third-order valence-electron chi connectivity index (χ3n) is 19.5. The zero-order valence-electron chi connectivity index (χ0n) is 39.7. The normalized spacial score (nSPS) is 55.9. The molecule has 18 nitrogen and oxygen atoms in total. The number of allylic oxidation sites excluding steroid dienone is 2. The number of aliphatic hydroxyl groups is 10. The number of hydrogen-bond donors (Lipinski definition) is 11. The van der Waals surface area contributed by atoms with Crippen molar-refractivity contribution in [3.8, 4) is 0 Å². The fourth-order valence-corrected chi connectivity index (χ4v) is 15.1. The molecule has 3 heterocycles. The number of fused-ring (bicyclic) bond motifs is 7. The number of hydrogen-bond acceptors (Lipinski definition) is 17. The maximum absolute atomic E-state index is 12.9. The molecule has 66 heavy (non-hydrogen) atoms. The second kappa shape index (κ2) is 17.7. The molecule has 0 spiro atoms. The molecule has 0 aromatic carbocycles. The lowest BCUT2D eigenvalue weighted by Gasteiger charge is -2.72. The lowest BCUT2D eigenvalue weighted by atomic mass is 9.33. The van der Waals surface area contributed by atoms with Crippen LogP contribution in [0, 0.1) is 50.2 Å². The van der Waals surface area contributed by atoms with Gasteiger partial charge in [-0.2, -0.15) is 0 Å². The molecule has 0 aromatic rings. The second-order valence-corrected chi connectivity index (χ2v) is 23.6. The van der Waals surface area contributed by atoms with Crippen molar-refractivity contribution in [2.45, 2.75) is 218 Å². The van der Waals surface area contributed by atoms with Crippen LogP contribution < -0.4 is 0 Å². The average molecular weight is 943 g/mol. The monoisotopic (exact) mass is 943 g/mol. The van der Waals surface area contributed by atoms with E-state index >= 15 is 0 Å². The molecule has 8 aliphatic rings. The number of aliphatic hydroxyl groups excluding tert-OH is 10. The van der Waals surface area contributed by atoms with Crippen LogP contribution in [0.1, 0.15) is 113 Å². The van der Waals surface area contributed by atoms with E-state index in [-0.39, 0.29) is 51.6 Å². The van der Waals surface area contributed by atoms with Crippen LogP contribution in [0.15, 0.2) is 11.6 Å². The predicted octanol–water partition coefficient (Wildman–Crippen LogP) is 0.705. The van der Waals surface area contributed by atoms with Crippen molar-refractivity contribution >= 4 is 5.97 Å². The molecule has 0 aromatic heterocycles. The van der Waals surface area contributed by atoms with Gasteiger partial charge in [-0.1, -0.05) is 60.1 Å². The molecule has 3 aliphatic heterocycles. The van der Waals surface area contributed by atoms with Gasteiger partial charge >= 0.3 is 5.97 Å². The lowest BCUT2D eigenvalue weighted by molar-refractivity contribution is -0.388. The SMILES string of the molecule is CC1OC(OC2C(OC3C(C(=O)O)OC(OC4CCC5(C)C(CCC6(C)C5CC=C5C7CC(C)(C)CC(O)C7(C)CCC56C)C4(C)CO)C(O)C3O)OC(CO)C(O)C2O)C(O)C(O)C1O. The first-order valence-corrected chi connectivity index (χ1v) is 24.3. The Balaban J connectivity index is 1.01. The fourth-order valence-electron chi connectivity index (χ4n) is 15.1. The molecule has 4 saturated carbocycles. The number of carboxylic acid groups (broad SMARTS) is 1. The van der Waals surface area contributed by atoms with E-state index in [1.54, 1.807) is 0 Å². The molecular formula is C48H78O18. The average Bonchev–Trinajstić information content (AvgIpc) is 3.25. The minimum atomic E-state index is -2.03. The Hall–Kier alpha value is -1.43. The van der Waals surface area contributed by atoms with Gasteiger partial charge in [0, 0.05) is 10.8 Å². The van der Waals surface area contributed by atoms with Gasteiger partial charge in [0.05, 0.1) is 31.5 Å². The predicted molar refractivity (Wildman–Crippen MR) is 231 cm³/mol. The van der Waals surface area contributed by atoms with Crippen LogP contribution in [0.3, 0.4) is 0 Å². The zero-order valence-corrected chi connectivity index (χ0v) is 39.7. The molecular weight excluding hydrogens is 865 g/mol. The first-order valence-electron chi connectivity index (χ1n) is 24.3. The van der Waals surface area contributed by atoms with Crippen LogP contribution in [0.4, 0.5) is 0 Å². The number of rotatable bonds is 9. The zero-order chi connectivity index (χ0) is 48.4. The van der Waals surface area contributed by atoms with Gasteiger partial charge in [0.15, 0.2) is 25.0 Å². The van der Waals surface area contributed by atoms with E-state index in [9.17, 15) is 61.0 Å². The Morgan fingerprint density at radius 2 is 1.30 bits per heavy atom. The highest BCUT2D eigenvalue weighted by Crippen LogP contribution is 2.76. The smallest absolute Gasteiger partial charge is 0.335 e. The summed E-state index contributed by atoms with van der Waals surface area (Å²) in [7, 11) is 0. The van der Waals surface area contributed by atoms with Crippen molar-refractivity contribution in [2.75, 3.05) is 13.2 Å². The van der Waals surface area contributed by atoms with Gasteiger partial charge in [-0.15, -0.1) is 0 Å². The van der Waals surface area contributed by atoms with Gasteiger partial charge in [-0.3, -0.25) is 0 Å². The van der Waals surface area contributed by atoms with Crippen molar-refractivity contribution in [3.05, 3.63) is 11.6 Å². The van der Waals surface area contributed by atoms with E-state index in [2.05, 4.69) is 47.6 Å². The standard InChI is InChI=1S/C48H78O18/c1-21-29(52)31(54)34(57)40(61-21)65-37-32(55)30(53)24(19-49)62-42(37)64-36-33(56)35(58)41(66-38(36)39(59)60)63-28-12-13-45(5)25(46(28,6)20-50)11-14-48(8)26(45)10-9-22-23-17-43(2,3)18-27(51)44(23,4)15-16-47(22,48)7/h9,21,23-38,40-42,49-58H,10-20H2,1-8H3,(H,59,60). The van der Waals surface area contributed by atoms with Gasteiger partial charge in [-0.25, -0.2) is 4.79 Å². The number of ether oxygens (including phenoxy) is 6. The third kappa shape index (κ3) is 7.78. The van der Waals surface area contributed by atoms with Crippen molar-refractivity contribution in [1.82, 2.24) is 0 Å². The molecule has 25 atom stereocenters. The topological polar surface area (TPSA) is 295 Å². The highest BCUT2D eigenvalue weighted by Gasteiger charge is 2.70. The minimum absolute atomic E-state index is 0.0300. The largest absolute Gasteiger partial charge is 0.479 e. The van der Waals surface area contributed by atoms with Gasteiger partial charge in [-0.05, 0) is 104 Å². The Morgan fingerprint density at radius 3 is 1.95 bits per heavy atom. The Morgan fingerprint density at radius 1 is 0.667 bits per heavy atom. The number of aliphatic carboxylic acids is 1. The fraction of sp³-hybridized carbons (Fsp3) is 0.938. The molecule has 378 valence electrons. The summed E-state index contributed by atoms with van der Waals surface area (Å²) in [5.74, 6) is -1.09. The van der Waals surface area contributed by atoms with Crippen molar-refractivity contribution in [3.63, 3.8) is 0 Å². The Kier molecular flexibility index (Phi) is 13.7. The molecule has 5 aliphatic carbocycles. The van der Waals surface area contributed by atoms with Crippen molar-refractivity contribution in [1.29, 1.82) is 0 Å². The van der Waals surface area contributed by atoms with Crippen LogP contribution >= 0.6 is 0 Å². The van der Waals surface area contributed by atoms with E-state index in [0.717, 1.165) is 51.4 Å². The summed E-state index contributed by atoms with van der Waals surface area (Å²) >= 11 is 0.